The molecule has 8 heteroatoms. The van der Waals surface area contributed by atoms with E-state index in [9.17, 15) is 9.59 Å². The molecule has 2 aliphatic rings. The minimum absolute atomic E-state index is 0.0553. The molecule has 2 atom stereocenters. The number of methoxy groups -OCH3 is 1. The quantitative estimate of drug-likeness (QED) is 0.409. The summed E-state index contributed by atoms with van der Waals surface area (Å²) in [4.78, 5) is 34.6. The Morgan fingerprint density at radius 3 is 2.65 bits per heavy atom. The highest BCUT2D eigenvalue weighted by Crippen LogP contribution is 2.48. The number of anilines is 1. The summed E-state index contributed by atoms with van der Waals surface area (Å²) in [6, 6.07) is 5.61. The lowest BCUT2D eigenvalue weighted by Gasteiger charge is -2.38. The summed E-state index contributed by atoms with van der Waals surface area (Å²) in [5.41, 5.74) is 2.36. The van der Waals surface area contributed by atoms with Crippen LogP contribution < -0.4 is 20.3 Å². The van der Waals surface area contributed by atoms with E-state index in [0.29, 0.717) is 58.3 Å². The second-order valence-corrected chi connectivity index (χ2v) is 11.1. The molecular weight excluding hydrogens is 450 g/mol. The van der Waals surface area contributed by atoms with Gasteiger partial charge in [0.1, 0.15) is 5.82 Å². The van der Waals surface area contributed by atoms with Crippen LogP contribution in [-0.2, 0) is 4.79 Å². The maximum absolute atomic E-state index is 13.4. The normalized spacial score (nSPS) is 19.7. The van der Waals surface area contributed by atoms with E-state index >= 15 is 0 Å². The van der Waals surface area contributed by atoms with Crippen molar-refractivity contribution < 1.29 is 14.3 Å². The fourth-order valence-corrected chi connectivity index (χ4v) is 5.54. The van der Waals surface area contributed by atoms with E-state index in [0.717, 1.165) is 17.7 Å². The third-order valence-electron chi connectivity index (χ3n) is 6.41. The molecule has 2 heterocycles. The minimum Gasteiger partial charge on any atom is -0.493 e. The predicted octanol–water partition coefficient (Wildman–Crippen LogP) is 5.27. The number of carbonyl (C=O) groups is 1. The number of rotatable bonds is 7. The SMILES string of the molecule is CCOc1ccc(C2C3=C(CC(C)(C)CC3=O)Nc3nc(SC(C)CC)[nH]c(=O)c32)cc1OC. The summed E-state index contributed by atoms with van der Waals surface area (Å²) in [6.07, 6.45) is 2.10. The lowest BCUT2D eigenvalue weighted by molar-refractivity contribution is -0.118. The molecule has 1 aliphatic carbocycles. The third kappa shape index (κ3) is 4.60. The first-order valence-corrected chi connectivity index (χ1v) is 12.7. The molecule has 7 nitrogen and oxygen atoms in total. The van der Waals surface area contributed by atoms with E-state index in [1.165, 1.54) is 0 Å². The van der Waals surface area contributed by atoms with Crippen LogP contribution in [-0.4, -0.2) is 34.7 Å². The highest BCUT2D eigenvalue weighted by atomic mass is 32.2. The zero-order chi connectivity index (χ0) is 24.6. The molecule has 0 spiro atoms. The molecule has 0 radical (unpaired) electrons. The van der Waals surface area contributed by atoms with Gasteiger partial charge in [-0.1, -0.05) is 45.5 Å². The van der Waals surface area contributed by atoms with Crippen molar-refractivity contribution in [1.29, 1.82) is 0 Å². The van der Waals surface area contributed by atoms with Crippen LogP contribution in [0, 0.1) is 5.41 Å². The first kappa shape index (κ1) is 24.4. The summed E-state index contributed by atoms with van der Waals surface area (Å²) in [6.45, 7) is 10.8. The van der Waals surface area contributed by atoms with Crippen molar-refractivity contribution in [1.82, 2.24) is 9.97 Å². The molecule has 1 aliphatic heterocycles. The van der Waals surface area contributed by atoms with Gasteiger partial charge in [-0.3, -0.25) is 9.59 Å². The standard InChI is InChI=1S/C26H33N3O4S/c1-7-14(3)34-25-28-23-22(24(31)29-25)20(15-9-10-18(33-8-2)19(11-15)32-6)21-16(27-23)12-26(4,5)13-17(21)30/h9-11,14,20H,7-8,12-13H2,1-6H3,(H2,27,28,29,31). The number of ether oxygens (including phenoxy) is 2. The number of fused-ring (bicyclic) bond motifs is 1. The van der Waals surface area contributed by atoms with Crippen LogP contribution in [0.3, 0.4) is 0 Å². The second-order valence-electron chi connectivity index (χ2n) is 9.70. The molecule has 1 aromatic heterocycles. The van der Waals surface area contributed by atoms with Crippen LogP contribution in [0.4, 0.5) is 5.82 Å². The smallest absolute Gasteiger partial charge is 0.257 e. The molecule has 2 N–H and O–H groups in total. The second kappa shape index (κ2) is 9.49. The fourth-order valence-electron chi connectivity index (χ4n) is 4.69. The van der Waals surface area contributed by atoms with E-state index in [1.54, 1.807) is 18.9 Å². The lowest BCUT2D eigenvalue weighted by Crippen LogP contribution is -2.37. The van der Waals surface area contributed by atoms with Crippen LogP contribution in [0.1, 0.15) is 70.9 Å². The molecule has 0 saturated heterocycles. The van der Waals surface area contributed by atoms with Crippen LogP contribution in [0.25, 0.3) is 0 Å². The van der Waals surface area contributed by atoms with Crippen LogP contribution >= 0.6 is 11.8 Å². The first-order chi connectivity index (χ1) is 16.2. The molecule has 34 heavy (non-hydrogen) atoms. The monoisotopic (exact) mass is 483 g/mol. The van der Waals surface area contributed by atoms with Crippen LogP contribution in [0.15, 0.2) is 39.4 Å². The summed E-state index contributed by atoms with van der Waals surface area (Å²) in [5, 5.41) is 4.28. The van der Waals surface area contributed by atoms with Gasteiger partial charge in [-0.2, -0.15) is 0 Å². The Balaban J connectivity index is 1.91. The number of ketones is 1. The van der Waals surface area contributed by atoms with Crippen molar-refractivity contribution in [2.24, 2.45) is 5.41 Å². The fraction of sp³-hybridized carbons (Fsp3) is 0.500. The van der Waals surface area contributed by atoms with Gasteiger partial charge in [0.15, 0.2) is 22.4 Å². The van der Waals surface area contributed by atoms with Crippen molar-refractivity contribution in [3.05, 3.63) is 50.9 Å². The number of carbonyl (C=O) groups excluding carboxylic acids is 1. The summed E-state index contributed by atoms with van der Waals surface area (Å²) >= 11 is 1.54. The highest BCUT2D eigenvalue weighted by molar-refractivity contribution is 7.99. The number of aromatic nitrogens is 2. The van der Waals surface area contributed by atoms with Gasteiger partial charge in [0, 0.05) is 28.9 Å². The molecule has 0 amide bonds. The van der Waals surface area contributed by atoms with Crippen molar-refractivity contribution in [3.63, 3.8) is 0 Å². The number of hydrogen-bond acceptors (Lipinski definition) is 7. The minimum atomic E-state index is -0.529. The number of Topliss-reactive ketones (excluding diaryl/α,β-unsaturated/α-hetero) is 1. The van der Waals surface area contributed by atoms with Crippen molar-refractivity contribution >= 4 is 23.4 Å². The summed E-state index contributed by atoms with van der Waals surface area (Å²) < 4.78 is 11.3. The maximum atomic E-state index is 13.4. The Kier molecular flexibility index (Phi) is 6.80. The number of H-pyrrole nitrogens is 1. The Bertz CT molecular complexity index is 1200. The number of benzene rings is 1. The van der Waals surface area contributed by atoms with E-state index in [2.05, 4.69) is 38.0 Å². The molecule has 2 aromatic rings. The first-order valence-electron chi connectivity index (χ1n) is 11.8. The topological polar surface area (TPSA) is 93.3 Å². The molecule has 0 bridgehead atoms. The number of nitrogens with zero attached hydrogens (tertiary/aromatic N) is 1. The number of nitrogens with one attached hydrogen (secondary N) is 2. The molecule has 1 aromatic carbocycles. The van der Waals surface area contributed by atoms with E-state index < -0.39 is 5.92 Å². The molecule has 4 rings (SSSR count). The van der Waals surface area contributed by atoms with Gasteiger partial charge in [0.25, 0.3) is 5.56 Å². The van der Waals surface area contributed by atoms with Gasteiger partial charge in [-0.05, 0) is 42.9 Å². The van der Waals surface area contributed by atoms with E-state index in [-0.39, 0.29) is 16.8 Å². The van der Waals surface area contributed by atoms with Gasteiger partial charge in [0.2, 0.25) is 0 Å². The number of aromatic amines is 1. The average molecular weight is 484 g/mol. The number of allylic oxidation sites excluding steroid dienone is 2. The summed E-state index contributed by atoms with van der Waals surface area (Å²) in [7, 11) is 1.59. The summed E-state index contributed by atoms with van der Waals surface area (Å²) in [5.74, 6) is 1.24. The molecule has 0 saturated carbocycles. The zero-order valence-corrected chi connectivity index (χ0v) is 21.5. The van der Waals surface area contributed by atoms with Crippen molar-refractivity contribution in [3.8, 4) is 11.5 Å². The highest BCUT2D eigenvalue weighted by Gasteiger charge is 2.42. The van der Waals surface area contributed by atoms with Crippen LogP contribution in [0.5, 0.6) is 11.5 Å². The number of hydrogen-bond donors (Lipinski definition) is 2. The maximum Gasteiger partial charge on any atom is 0.257 e. The van der Waals surface area contributed by atoms with Gasteiger partial charge < -0.3 is 19.8 Å². The van der Waals surface area contributed by atoms with Gasteiger partial charge >= 0.3 is 0 Å². The molecule has 0 fully saturated rings. The Labute approximate surface area is 204 Å². The van der Waals surface area contributed by atoms with E-state index in [4.69, 9.17) is 14.5 Å². The zero-order valence-electron chi connectivity index (χ0n) is 20.7. The lowest BCUT2D eigenvalue weighted by atomic mass is 9.69. The van der Waals surface area contributed by atoms with Crippen molar-refractivity contribution in [2.45, 2.75) is 70.2 Å². The van der Waals surface area contributed by atoms with Gasteiger partial charge in [0.05, 0.1) is 19.3 Å². The Morgan fingerprint density at radius 2 is 1.97 bits per heavy atom. The van der Waals surface area contributed by atoms with Gasteiger partial charge in [-0.15, -0.1) is 0 Å². The third-order valence-corrected chi connectivity index (χ3v) is 7.56. The van der Waals surface area contributed by atoms with Crippen molar-refractivity contribution in [2.75, 3.05) is 19.0 Å². The average Bonchev–Trinajstić information content (AvgIpc) is 2.77. The Morgan fingerprint density at radius 1 is 1.21 bits per heavy atom. The van der Waals surface area contributed by atoms with E-state index in [1.807, 2.05) is 25.1 Å². The Hall–Kier alpha value is -2.74. The predicted molar refractivity (Wildman–Crippen MR) is 135 cm³/mol. The molecular formula is C26H33N3O4S. The molecule has 2 unspecified atom stereocenters. The van der Waals surface area contributed by atoms with Gasteiger partial charge in [-0.25, -0.2) is 4.98 Å². The molecule has 182 valence electrons. The van der Waals surface area contributed by atoms with Crippen LogP contribution in [0.2, 0.25) is 0 Å². The largest absolute Gasteiger partial charge is 0.493 e. The number of thioether (sulfide) groups is 1.